The summed E-state index contributed by atoms with van der Waals surface area (Å²) in [6, 6.07) is 24.2. The van der Waals surface area contributed by atoms with E-state index in [0.717, 1.165) is 21.4 Å². The van der Waals surface area contributed by atoms with E-state index in [-0.39, 0.29) is 0 Å². The minimum Gasteiger partial charge on any atom is -0.441 e. The van der Waals surface area contributed by atoms with Crippen LogP contribution in [-0.4, -0.2) is 15.9 Å². The van der Waals surface area contributed by atoms with Crippen LogP contribution in [0.4, 0.5) is 23.8 Å². The van der Waals surface area contributed by atoms with E-state index in [9.17, 15) is 18.0 Å². The van der Waals surface area contributed by atoms with Gasteiger partial charge in [-0.2, -0.15) is 18.3 Å². The number of nitrogens with one attached hydrogen (secondary N) is 1. The summed E-state index contributed by atoms with van der Waals surface area (Å²) in [5.74, 6) is 0.159. The summed E-state index contributed by atoms with van der Waals surface area (Å²) in [7, 11) is 0. The highest BCUT2D eigenvalue weighted by Crippen LogP contribution is 2.40. The highest BCUT2D eigenvalue weighted by Gasteiger charge is 2.37. The first-order valence-electron chi connectivity index (χ1n) is 11.7. The first kappa shape index (κ1) is 23.7. The van der Waals surface area contributed by atoms with Crippen LogP contribution in [0.5, 0.6) is 0 Å². The van der Waals surface area contributed by atoms with Crippen molar-refractivity contribution < 1.29 is 22.7 Å². The number of benzene rings is 3. The van der Waals surface area contributed by atoms with E-state index >= 15 is 0 Å². The summed E-state index contributed by atoms with van der Waals surface area (Å²) in [4.78, 5) is 12.5. The maximum Gasteiger partial charge on any atom is 0.421 e. The van der Waals surface area contributed by atoms with Gasteiger partial charge in [0.05, 0.1) is 11.9 Å². The van der Waals surface area contributed by atoms with Gasteiger partial charge >= 0.3 is 12.3 Å². The second kappa shape index (κ2) is 9.53. The third kappa shape index (κ3) is 5.12. The lowest BCUT2D eigenvalue weighted by atomic mass is 10.0. The molecule has 1 heterocycles. The molecule has 1 atom stereocenters. The molecule has 1 aromatic heterocycles. The molecular weight excluding hydrogens is 467 g/mol. The highest BCUT2D eigenvalue weighted by molar-refractivity contribution is 5.85. The molecule has 1 amide bonds. The van der Waals surface area contributed by atoms with Crippen molar-refractivity contribution in [3.05, 3.63) is 102 Å². The maximum absolute atomic E-state index is 13.7. The van der Waals surface area contributed by atoms with E-state index in [1.807, 2.05) is 18.2 Å². The van der Waals surface area contributed by atoms with Crippen LogP contribution in [0.1, 0.15) is 48.5 Å². The number of hydrogen-bond acceptors (Lipinski definition) is 3. The van der Waals surface area contributed by atoms with E-state index in [4.69, 9.17) is 4.74 Å². The largest absolute Gasteiger partial charge is 0.441 e. The van der Waals surface area contributed by atoms with Crippen molar-refractivity contribution in [2.24, 2.45) is 0 Å². The Bertz CT molecular complexity index is 1340. The molecule has 1 aliphatic rings. The van der Waals surface area contributed by atoms with Crippen molar-refractivity contribution in [3.63, 3.8) is 0 Å². The summed E-state index contributed by atoms with van der Waals surface area (Å²) < 4.78 is 47.4. The van der Waals surface area contributed by atoms with E-state index in [1.54, 1.807) is 43.3 Å². The third-order valence-electron chi connectivity index (χ3n) is 6.25. The Morgan fingerprint density at radius 2 is 1.58 bits per heavy atom. The molecular formula is C28H24F3N3O2. The number of hydrogen-bond donors (Lipinski definition) is 1. The summed E-state index contributed by atoms with van der Waals surface area (Å²) >= 11 is 0. The number of halogens is 3. The van der Waals surface area contributed by atoms with E-state index in [1.165, 1.54) is 18.4 Å². The van der Waals surface area contributed by atoms with Crippen molar-refractivity contribution >= 4 is 11.9 Å². The van der Waals surface area contributed by atoms with Gasteiger partial charge in [0.15, 0.2) is 5.82 Å². The summed E-state index contributed by atoms with van der Waals surface area (Å²) in [5, 5.41) is 6.16. The fraction of sp³-hybridized carbons (Fsp3) is 0.214. The second-order valence-corrected chi connectivity index (χ2v) is 8.84. The Morgan fingerprint density at radius 3 is 2.17 bits per heavy atom. The molecule has 5 rings (SSSR count). The predicted molar refractivity (Wildman–Crippen MR) is 131 cm³/mol. The van der Waals surface area contributed by atoms with Crippen LogP contribution in [0, 0.1) is 0 Å². The van der Waals surface area contributed by atoms with Crippen molar-refractivity contribution in [3.8, 4) is 16.8 Å². The average molecular weight is 492 g/mol. The Balaban J connectivity index is 1.38. The number of amides is 1. The summed E-state index contributed by atoms with van der Waals surface area (Å²) in [5.41, 5.74) is 3.30. The fourth-order valence-corrected chi connectivity index (χ4v) is 4.11. The van der Waals surface area contributed by atoms with Crippen LogP contribution in [-0.2, 0) is 10.9 Å². The minimum atomic E-state index is -4.71. The maximum atomic E-state index is 13.7. The molecule has 0 spiro atoms. The highest BCUT2D eigenvalue weighted by atomic mass is 19.4. The van der Waals surface area contributed by atoms with Crippen LogP contribution in [0.3, 0.4) is 0 Å². The molecule has 1 N–H and O–H groups in total. The van der Waals surface area contributed by atoms with Crippen molar-refractivity contribution in [2.75, 3.05) is 5.32 Å². The lowest BCUT2D eigenvalue weighted by Gasteiger charge is -2.16. The zero-order valence-corrected chi connectivity index (χ0v) is 19.5. The number of nitrogens with zero attached hydrogens (tertiary/aromatic N) is 2. The van der Waals surface area contributed by atoms with E-state index < -0.39 is 29.8 Å². The van der Waals surface area contributed by atoms with Gasteiger partial charge < -0.3 is 4.74 Å². The molecule has 8 heteroatoms. The van der Waals surface area contributed by atoms with Crippen LogP contribution in [0.25, 0.3) is 16.8 Å². The zero-order chi connectivity index (χ0) is 25.3. The number of alkyl halides is 3. The lowest BCUT2D eigenvalue weighted by molar-refractivity contribution is -0.136. The van der Waals surface area contributed by atoms with Gasteiger partial charge in [0.1, 0.15) is 11.7 Å². The fourth-order valence-electron chi connectivity index (χ4n) is 4.11. The van der Waals surface area contributed by atoms with Crippen LogP contribution >= 0.6 is 0 Å². The monoisotopic (exact) mass is 491 g/mol. The Kier molecular flexibility index (Phi) is 6.26. The van der Waals surface area contributed by atoms with Gasteiger partial charge in [0, 0.05) is 0 Å². The zero-order valence-electron chi connectivity index (χ0n) is 19.5. The number of carbonyl (C=O) groups excluding carboxylic acids is 1. The number of aromatic nitrogens is 2. The molecule has 0 aliphatic heterocycles. The molecule has 3 aromatic carbocycles. The predicted octanol–water partition coefficient (Wildman–Crippen LogP) is 7.75. The van der Waals surface area contributed by atoms with Crippen LogP contribution in [0.15, 0.2) is 85.1 Å². The molecule has 4 aromatic rings. The Morgan fingerprint density at radius 1 is 0.972 bits per heavy atom. The van der Waals surface area contributed by atoms with Crippen molar-refractivity contribution in [1.82, 2.24) is 9.78 Å². The standard InChI is InChI=1S/C28H24F3N3O2/c1-18(19-5-3-2-4-6-19)36-27(35)33-26-25(28(29,30)31)17-32-34(26)24-15-13-23(14-16-24)22-11-9-21(10-12-22)20-7-8-20/h2-6,9-18,20H,7-8H2,1H3,(H,33,35). The molecule has 36 heavy (non-hydrogen) atoms. The molecule has 184 valence electrons. The van der Waals surface area contributed by atoms with Gasteiger partial charge in [-0.1, -0.05) is 66.7 Å². The molecule has 1 aliphatic carbocycles. The number of carbonyl (C=O) groups is 1. The van der Waals surface area contributed by atoms with Gasteiger partial charge in [-0.05, 0) is 60.1 Å². The average Bonchev–Trinajstić information content (AvgIpc) is 3.64. The number of anilines is 1. The Hall–Kier alpha value is -4.07. The molecule has 0 radical (unpaired) electrons. The summed E-state index contributed by atoms with van der Waals surface area (Å²) in [6.45, 7) is 1.65. The lowest BCUT2D eigenvalue weighted by Crippen LogP contribution is -2.20. The second-order valence-electron chi connectivity index (χ2n) is 8.84. The van der Waals surface area contributed by atoms with Crippen LogP contribution < -0.4 is 5.32 Å². The summed E-state index contributed by atoms with van der Waals surface area (Å²) in [6.07, 6.45) is -3.22. The smallest absolute Gasteiger partial charge is 0.421 e. The first-order valence-corrected chi connectivity index (χ1v) is 11.7. The topological polar surface area (TPSA) is 56.1 Å². The normalized spacial score (nSPS) is 14.3. The van der Waals surface area contributed by atoms with Gasteiger partial charge in [-0.25, -0.2) is 9.48 Å². The third-order valence-corrected chi connectivity index (χ3v) is 6.25. The molecule has 5 nitrogen and oxygen atoms in total. The van der Waals surface area contributed by atoms with E-state index in [0.29, 0.717) is 17.8 Å². The Labute approximate surface area is 206 Å². The quantitative estimate of drug-likeness (QED) is 0.300. The first-order chi connectivity index (χ1) is 17.3. The number of rotatable bonds is 6. The SMILES string of the molecule is CC(OC(=O)Nc1c(C(F)(F)F)cnn1-c1ccc(-c2ccc(C3CC3)cc2)cc1)c1ccccc1. The minimum absolute atomic E-state index is 0.371. The van der Waals surface area contributed by atoms with Crippen LogP contribution in [0.2, 0.25) is 0 Å². The van der Waals surface area contributed by atoms with Gasteiger partial charge in [-0.3, -0.25) is 5.32 Å². The molecule has 1 saturated carbocycles. The van der Waals surface area contributed by atoms with Gasteiger partial charge in [0.2, 0.25) is 0 Å². The van der Waals surface area contributed by atoms with Crippen molar-refractivity contribution in [1.29, 1.82) is 0 Å². The van der Waals surface area contributed by atoms with Crippen molar-refractivity contribution in [2.45, 2.75) is 38.0 Å². The molecule has 1 fully saturated rings. The van der Waals surface area contributed by atoms with Gasteiger partial charge in [-0.15, -0.1) is 0 Å². The molecule has 0 saturated heterocycles. The number of ether oxygens (including phenoxy) is 1. The molecule has 0 bridgehead atoms. The van der Waals surface area contributed by atoms with Gasteiger partial charge in [0.25, 0.3) is 0 Å². The van der Waals surface area contributed by atoms with E-state index in [2.05, 4.69) is 34.7 Å². The molecule has 1 unspecified atom stereocenters.